The summed E-state index contributed by atoms with van der Waals surface area (Å²) in [7, 11) is 0. The second-order valence-corrected chi connectivity index (χ2v) is 4.80. The van der Waals surface area contributed by atoms with Crippen LogP contribution in [0.25, 0.3) is 0 Å². The van der Waals surface area contributed by atoms with E-state index >= 15 is 0 Å². The minimum absolute atomic E-state index is 0.0794. The lowest BCUT2D eigenvalue weighted by Crippen LogP contribution is -2.43. The van der Waals surface area contributed by atoms with Crippen molar-refractivity contribution in [2.24, 2.45) is 0 Å². The molecule has 0 saturated carbocycles. The van der Waals surface area contributed by atoms with E-state index in [1.807, 2.05) is 0 Å². The summed E-state index contributed by atoms with van der Waals surface area (Å²) in [5.74, 6) is -2.32. The number of carbonyl (C=O) groups excluding carboxylic acids is 1. The first-order valence-electron chi connectivity index (χ1n) is 5.31. The van der Waals surface area contributed by atoms with Crippen molar-refractivity contribution in [1.82, 2.24) is 5.32 Å². The van der Waals surface area contributed by atoms with E-state index in [1.165, 1.54) is 12.1 Å². The van der Waals surface area contributed by atoms with E-state index in [-0.39, 0.29) is 5.69 Å². The third-order valence-corrected chi connectivity index (χ3v) is 1.96. The Morgan fingerprint density at radius 1 is 1.28 bits per heavy atom. The normalized spacial score (nSPS) is 10.9. The van der Waals surface area contributed by atoms with Crippen molar-refractivity contribution in [3.63, 3.8) is 0 Å². The van der Waals surface area contributed by atoms with E-state index in [0.29, 0.717) is 0 Å². The second kappa shape index (κ2) is 5.03. The van der Waals surface area contributed by atoms with Crippen LogP contribution in [0.5, 0.6) is 0 Å². The van der Waals surface area contributed by atoms with Gasteiger partial charge in [-0.15, -0.1) is 0 Å². The van der Waals surface area contributed by atoms with Crippen molar-refractivity contribution < 1.29 is 19.1 Å². The van der Waals surface area contributed by atoms with Gasteiger partial charge in [-0.25, -0.2) is 14.0 Å². The molecule has 98 valence electrons. The Morgan fingerprint density at radius 3 is 2.39 bits per heavy atom. The molecule has 0 heterocycles. The summed E-state index contributed by atoms with van der Waals surface area (Å²) in [5.41, 5.74) is -1.10. The Labute approximate surface area is 104 Å². The fourth-order valence-electron chi connectivity index (χ4n) is 1.34. The van der Waals surface area contributed by atoms with Gasteiger partial charge in [-0.2, -0.15) is 0 Å². The van der Waals surface area contributed by atoms with Crippen LogP contribution in [0, 0.1) is 5.82 Å². The third-order valence-electron chi connectivity index (χ3n) is 1.96. The van der Waals surface area contributed by atoms with Gasteiger partial charge >= 0.3 is 12.0 Å². The number of carboxylic acid groups (broad SMARTS) is 1. The van der Waals surface area contributed by atoms with Crippen molar-refractivity contribution in [2.75, 3.05) is 5.32 Å². The van der Waals surface area contributed by atoms with Gasteiger partial charge < -0.3 is 15.7 Å². The van der Waals surface area contributed by atoms with Crippen LogP contribution in [0.3, 0.4) is 0 Å². The molecule has 6 heteroatoms. The zero-order valence-electron chi connectivity index (χ0n) is 10.4. The summed E-state index contributed by atoms with van der Waals surface area (Å²) in [6.07, 6.45) is 0. The second-order valence-electron chi connectivity index (χ2n) is 4.80. The fourth-order valence-corrected chi connectivity index (χ4v) is 1.34. The summed E-state index contributed by atoms with van der Waals surface area (Å²) < 4.78 is 13.3. The molecule has 0 spiro atoms. The van der Waals surface area contributed by atoms with Gasteiger partial charge in [0.15, 0.2) is 0 Å². The quantitative estimate of drug-likeness (QED) is 0.758. The van der Waals surface area contributed by atoms with Crippen LogP contribution in [0.15, 0.2) is 18.2 Å². The molecular weight excluding hydrogens is 239 g/mol. The predicted octanol–water partition coefficient (Wildman–Crippen LogP) is 2.44. The predicted molar refractivity (Wildman–Crippen MR) is 65.3 cm³/mol. The maximum Gasteiger partial charge on any atom is 0.340 e. The van der Waals surface area contributed by atoms with E-state index in [1.54, 1.807) is 20.8 Å². The van der Waals surface area contributed by atoms with Crippen LogP contribution in [0.1, 0.15) is 31.1 Å². The van der Waals surface area contributed by atoms with Crippen LogP contribution in [-0.4, -0.2) is 22.6 Å². The van der Waals surface area contributed by atoms with Crippen LogP contribution < -0.4 is 10.6 Å². The molecule has 18 heavy (non-hydrogen) atoms. The van der Waals surface area contributed by atoms with Gasteiger partial charge in [0.1, 0.15) is 11.4 Å². The van der Waals surface area contributed by atoms with Crippen molar-refractivity contribution in [3.8, 4) is 0 Å². The van der Waals surface area contributed by atoms with Crippen LogP contribution in [0.2, 0.25) is 0 Å². The van der Waals surface area contributed by atoms with Gasteiger partial charge in [0.25, 0.3) is 0 Å². The number of carboxylic acids is 1. The van der Waals surface area contributed by atoms with Crippen molar-refractivity contribution in [1.29, 1.82) is 0 Å². The first kappa shape index (κ1) is 14.0. The number of aromatic carboxylic acids is 1. The molecule has 0 fully saturated rings. The number of benzene rings is 1. The minimum atomic E-state index is -1.43. The van der Waals surface area contributed by atoms with E-state index < -0.39 is 28.9 Å². The lowest BCUT2D eigenvalue weighted by Gasteiger charge is -2.21. The molecule has 0 aliphatic heterocycles. The van der Waals surface area contributed by atoms with Gasteiger partial charge in [-0.3, -0.25) is 0 Å². The topological polar surface area (TPSA) is 78.4 Å². The molecule has 1 aromatic rings. The standard InChI is InChI=1S/C12H15FN2O3/c1-12(2,3)15-11(18)14-8-6-4-5-7(13)9(8)10(16)17/h4-6H,1-3H3,(H,16,17)(H2,14,15,18). The number of rotatable bonds is 2. The summed E-state index contributed by atoms with van der Waals surface area (Å²) in [6.45, 7) is 5.32. The SMILES string of the molecule is CC(C)(C)NC(=O)Nc1cccc(F)c1C(=O)O. The fraction of sp³-hybridized carbons (Fsp3) is 0.333. The first-order valence-corrected chi connectivity index (χ1v) is 5.31. The average molecular weight is 254 g/mol. The van der Waals surface area contributed by atoms with Crippen molar-refractivity contribution >= 4 is 17.7 Å². The Bertz CT molecular complexity index is 481. The summed E-state index contributed by atoms with van der Waals surface area (Å²) >= 11 is 0. The van der Waals surface area contributed by atoms with E-state index in [4.69, 9.17) is 5.11 Å². The van der Waals surface area contributed by atoms with Gasteiger partial charge in [-0.1, -0.05) is 6.07 Å². The molecule has 1 aromatic carbocycles. The lowest BCUT2D eigenvalue weighted by molar-refractivity contribution is 0.0693. The monoisotopic (exact) mass is 254 g/mol. The van der Waals surface area contributed by atoms with Crippen molar-refractivity contribution in [3.05, 3.63) is 29.6 Å². The molecular formula is C12H15FN2O3. The third kappa shape index (κ3) is 3.73. The zero-order chi connectivity index (χ0) is 13.9. The summed E-state index contributed by atoms with van der Waals surface area (Å²) in [4.78, 5) is 22.5. The van der Waals surface area contributed by atoms with E-state index in [0.717, 1.165) is 6.07 Å². The number of amides is 2. The highest BCUT2D eigenvalue weighted by Crippen LogP contribution is 2.19. The highest BCUT2D eigenvalue weighted by atomic mass is 19.1. The first-order chi connectivity index (χ1) is 8.20. The molecule has 0 atom stereocenters. The Morgan fingerprint density at radius 2 is 1.89 bits per heavy atom. The van der Waals surface area contributed by atoms with Crippen LogP contribution in [0.4, 0.5) is 14.9 Å². The highest BCUT2D eigenvalue weighted by Gasteiger charge is 2.19. The number of anilines is 1. The Kier molecular flexibility index (Phi) is 3.90. The summed E-state index contributed by atoms with van der Waals surface area (Å²) in [6, 6.07) is 3.09. The number of urea groups is 1. The largest absolute Gasteiger partial charge is 0.478 e. The molecule has 0 unspecified atom stereocenters. The molecule has 2 amide bonds. The van der Waals surface area contributed by atoms with Crippen LogP contribution >= 0.6 is 0 Å². The molecule has 0 aliphatic carbocycles. The maximum absolute atomic E-state index is 13.3. The molecule has 0 bridgehead atoms. The molecule has 0 aromatic heterocycles. The molecule has 0 radical (unpaired) electrons. The number of nitrogens with one attached hydrogen (secondary N) is 2. The Balaban J connectivity index is 2.95. The molecule has 5 nitrogen and oxygen atoms in total. The molecule has 3 N–H and O–H groups in total. The lowest BCUT2D eigenvalue weighted by atomic mass is 10.1. The van der Waals surface area contributed by atoms with Gasteiger partial charge in [0.2, 0.25) is 0 Å². The molecule has 1 rings (SSSR count). The molecule has 0 saturated heterocycles. The van der Waals surface area contributed by atoms with Gasteiger partial charge in [-0.05, 0) is 32.9 Å². The average Bonchev–Trinajstić information content (AvgIpc) is 2.13. The Hall–Kier alpha value is -2.11. The van der Waals surface area contributed by atoms with E-state index in [9.17, 15) is 14.0 Å². The number of hydrogen-bond acceptors (Lipinski definition) is 2. The maximum atomic E-state index is 13.3. The number of carbonyl (C=O) groups is 2. The number of halogens is 1. The smallest absolute Gasteiger partial charge is 0.340 e. The summed E-state index contributed by atoms with van der Waals surface area (Å²) in [5, 5.41) is 13.8. The van der Waals surface area contributed by atoms with Crippen LogP contribution in [-0.2, 0) is 0 Å². The zero-order valence-corrected chi connectivity index (χ0v) is 10.4. The van der Waals surface area contributed by atoms with Crippen molar-refractivity contribution in [2.45, 2.75) is 26.3 Å². The number of hydrogen-bond donors (Lipinski definition) is 3. The minimum Gasteiger partial charge on any atom is -0.478 e. The van der Waals surface area contributed by atoms with Gasteiger partial charge in [0, 0.05) is 5.54 Å². The molecule has 0 aliphatic rings. The highest BCUT2D eigenvalue weighted by molar-refractivity contribution is 6.00. The van der Waals surface area contributed by atoms with Gasteiger partial charge in [0.05, 0.1) is 5.69 Å². The van der Waals surface area contributed by atoms with E-state index in [2.05, 4.69) is 10.6 Å².